The summed E-state index contributed by atoms with van der Waals surface area (Å²) in [5.41, 5.74) is 0.782. The number of halogens is 3. The molecule has 0 spiro atoms. The molecule has 0 radical (unpaired) electrons. The van der Waals surface area contributed by atoms with E-state index < -0.39 is 17.7 Å². The summed E-state index contributed by atoms with van der Waals surface area (Å²) in [5, 5.41) is 9.01. The van der Waals surface area contributed by atoms with Gasteiger partial charge in [0.2, 0.25) is 0 Å². The number of methoxy groups -OCH3 is 1. The number of carbonyl (C=O) groups is 2. The molecular weight excluding hydrogens is 471 g/mol. The summed E-state index contributed by atoms with van der Waals surface area (Å²) in [6.45, 7) is 3.68. The van der Waals surface area contributed by atoms with Gasteiger partial charge in [-0.1, -0.05) is 30.3 Å². The molecule has 1 N–H and O–H groups in total. The molecular formula is C28H30F3NO4. The molecule has 36 heavy (non-hydrogen) atoms. The maximum Gasteiger partial charge on any atom is 0.416 e. The molecule has 5 nitrogen and oxygen atoms in total. The SMILES string of the molecule is C#C.C/C=C(OC)\C(=C/CCC(=O)O)c1ccc(C(F)(F)F)cc1CN(CC)C(=O)c1ccccc1. The Kier molecular flexibility index (Phi) is 12.0. The molecule has 2 aromatic rings. The Bertz CT molecular complexity index is 1100. The van der Waals surface area contributed by atoms with E-state index >= 15 is 0 Å². The highest BCUT2D eigenvalue weighted by Crippen LogP contribution is 2.35. The average molecular weight is 502 g/mol. The minimum Gasteiger partial charge on any atom is -0.496 e. The van der Waals surface area contributed by atoms with Gasteiger partial charge < -0.3 is 14.7 Å². The number of carboxylic acids is 1. The van der Waals surface area contributed by atoms with Crippen LogP contribution < -0.4 is 0 Å². The fourth-order valence-electron chi connectivity index (χ4n) is 3.53. The van der Waals surface area contributed by atoms with Crippen LogP contribution in [0.2, 0.25) is 0 Å². The molecule has 0 fully saturated rings. The van der Waals surface area contributed by atoms with Gasteiger partial charge in [0.25, 0.3) is 5.91 Å². The van der Waals surface area contributed by atoms with Crippen molar-refractivity contribution >= 4 is 17.4 Å². The van der Waals surface area contributed by atoms with E-state index in [2.05, 4.69) is 12.8 Å². The third-order valence-electron chi connectivity index (χ3n) is 5.23. The Morgan fingerprint density at radius 1 is 1.11 bits per heavy atom. The van der Waals surface area contributed by atoms with Crippen LogP contribution in [0.3, 0.4) is 0 Å². The summed E-state index contributed by atoms with van der Waals surface area (Å²) < 4.78 is 46.0. The molecule has 192 valence electrons. The van der Waals surface area contributed by atoms with Gasteiger partial charge >= 0.3 is 12.1 Å². The van der Waals surface area contributed by atoms with Crippen LogP contribution in [0, 0.1) is 12.8 Å². The summed E-state index contributed by atoms with van der Waals surface area (Å²) in [5.74, 6) is -0.905. The molecule has 0 aliphatic heterocycles. The van der Waals surface area contributed by atoms with Gasteiger partial charge in [-0.05, 0) is 61.7 Å². The monoisotopic (exact) mass is 501 g/mol. The molecule has 0 saturated carbocycles. The lowest BCUT2D eigenvalue weighted by Gasteiger charge is -2.24. The molecule has 0 unspecified atom stereocenters. The normalized spacial score (nSPS) is 11.8. The Morgan fingerprint density at radius 2 is 1.75 bits per heavy atom. The van der Waals surface area contributed by atoms with Crippen molar-refractivity contribution in [2.24, 2.45) is 0 Å². The molecule has 2 aromatic carbocycles. The zero-order valence-electron chi connectivity index (χ0n) is 20.5. The number of allylic oxidation sites excluding steroid dienone is 3. The van der Waals surface area contributed by atoms with Crippen molar-refractivity contribution in [1.82, 2.24) is 4.90 Å². The van der Waals surface area contributed by atoms with E-state index in [1.165, 1.54) is 18.1 Å². The second kappa shape index (κ2) is 14.4. The maximum absolute atomic E-state index is 13.5. The number of carboxylic acid groups (broad SMARTS) is 1. The highest BCUT2D eigenvalue weighted by Gasteiger charge is 2.32. The van der Waals surface area contributed by atoms with Crippen LogP contribution in [0.5, 0.6) is 0 Å². The van der Waals surface area contributed by atoms with Gasteiger partial charge in [0.15, 0.2) is 0 Å². The van der Waals surface area contributed by atoms with Gasteiger partial charge in [-0.15, -0.1) is 12.8 Å². The predicted octanol–water partition coefficient (Wildman–Crippen LogP) is 6.42. The van der Waals surface area contributed by atoms with Crippen LogP contribution in [0.25, 0.3) is 5.57 Å². The van der Waals surface area contributed by atoms with E-state index in [0.717, 1.165) is 12.1 Å². The zero-order chi connectivity index (χ0) is 27.3. The number of hydrogen-bond donors (Lipinski definition) is 1. The minimum absolute atomic E-state index is 0.0690. The summed E-state index contributed by atoms with van der Waals surface area (Å²) in [6.07, 6.45) is 6.74. The van der Waals surface area contributed by atoms with Crippen molar-refractivity contribution in [3.63, 3.8) is 0 Å². The van der Waals surface area contributed by atoms with Gasteiger partial charge in [0, 0.05) is 30.6 Å². The second-order valence-electron chi connectivity index (χ2n) is 7.46. The first-order chi connectivity index (χ1) is 17.1. The lowest BCUT2D eigenvalue weighted by atomic mass is 9.94. The number of alkyl halides is 3. The number of hydrogen-bond acceptors (Lipinski definition) is 3. The molecule has 0 bridgehead atoms. The van der Waals surface area contributed by atoms with Crippen LogP contribution >= 0.6 is 0 Å². The number of ether oxygens (including phenoxy) is 1. The highest BCUT2D eigenvalue weighted by atomic mass is 19.4. The van der Waals surface area contributed by atoms with Crippen LogP contribution in [-0.2, 0) is 22.3 Å². The molecule has 0 aliphatic carbocycles. The van der Waals surface area contributed by atoms with E-state index in [9.17, 15) is 22.8 Å². The molecule has 0 heterocycles. The van der Waals surface area contributed by atoms with Crippen LogP contribution in [0.4, 0.5) is 13.2 Å². The van der Waals surface area contributed by atoms with Crippen molar-refractivity contribution in [1.29, 1.82) is 0 Å². The fourth-order valence-corrected chi connectivity index (χ4v) is 3.53. The zero-order valence-corrected chi connectivity index (χ0v) is 20.5. The van der Waals surface area contributed by atoms with Crippen molar-refractivity contribution in [2.45, 2.75) is 39.4 Å². The van der Waals surface area contributed by atoms with E-state index in [0.29, 0.717) is 22.5 Å². The van der Waals surface area contributed by atoms with Crippen LogP contribution in [0.1, 0.15) is 53.7 Å². The summed E-state index contributed by atoms with van der Waals surface area (Å²) in [7, 11) is 1.43. The average Bonchev–Trinajstić information content (AvgIpc) is 2.87. The van der Waals surface area contributed by atoms with Crippen molar-refractivity contribution in [2.75, 3.05) is 13.7 Å². The number of amides is 1. The largest absolute Gasteiger partial charge is 0.496 e. The van der Waals surface area contributed by atoms with Gasteiger partial charge in [-0.25, -0.2) is 0 Å². The Morgan fingerprint density at radius 3 is 2.25 bits per heavy atom. The number of carbonyl (C=O) groups excluding carboxylic acids is 1. The lowest BCUT2D eigenvalue weighted by Crippen LogP contribution is -2.30. The smallest absolute Gasteiger partial charge is 0.416 e. The third kappa shape index (κ3) is 8.35. The quantitative estimate of drug-likeness (QED) is 0.232. The number of nitrogens with zero attached hydrogens (tertiary/aromatic N) is 1. The predicted molar refractivity (Wildman–Crippen MR) is 134 cm³/mol. The van der Waals surface area contributed by atoms with E-state index in [1.807, 2.05) is 0 Å². The molecule has 2 rings (SSSR count). The minimum atomic E-state index is -4.56. The van der Waals surface area contributed by atoms with Gasteiger partial charge in [-0.3, -0.25) is 9.59 Å². The molecule has 0 aromatic heterocycles. The third-order valence-corrected chi connectivity index (χ3v) is 5.23. The van der Waals surface area contributed by atoms with Gasteiger partial charge in [0.05, 0.1) is 12.7 Å². The number of terminal acetylenes is 1. The standard InChI is InChI=1S/C26H28F3NO4.C2H2/c1-4-23(34-3)22(12-9-13-24(31)32)21-15-14-20(26(27,28)29)16-19(21)17-30(5-2)25(33)18-10-7-6-8-11-18;1-2/h4,6-8,10-12,14-16H,5,9,13,17H2,1-3H3,(H,31,32);1-2H/b22-12-,23-4+;. The molecule has 0 aliphatic rings. The topological polar surface area (TPSA) is 66.8 Å². The number of benzene rings is 2. The first-order valence-corrected chi connectivity index (χ1v) is 11.1. The van der Waals surface area contributed by atoms with Crippen LogP contribution in [0.15, 0.2) is 66.4 Å². The van der Waals surface area contributed by atoms with Gasteiger partial charge in [-0.2, -0.15) is 13.2 Å². The van der Waals surface area contributed by atoms with Gasteiger partial charge in [0.1, 0.15) is 5.76 Å². The van der Waals surface area contributed by atoms with E-state index in [1.54, 1.807) is 56.3 Å². The highest BCUT2D eigenvalue weighted by molar-refractivity contribution is 5.94. The van der Waals surface area contributed by atoms with E-state index in [-0.39, 0.29) is 37.4 Å². The lowest BCUT2D eigenvalue weighted by molar-refractivity contribution is -0.138. The maximum atomic E-state index is 13.5. The Balaban J connectivity index is 0.00000316. The molecule has 8 heteroatoms. The number of rotatable bonds is 10. The summed E-state index contributed by atoms with van der Waals surface area (Å²) in [4.78, 5) is 25.5. The van der Waals surface area contributed by atoms with Crippen LogP contribution in [-0.4, -0.2) is 35.5 Å². The molecule has 0 saturated heterocycles. The first-order valence-electron chi connectivity index (χ1n) is 11.1. The van der Waals surface area contributed by atoms with Crippen molar-refractivity contribution in [3.8, 4) is 12.8 Å². The second-order valence-corrected chi connectivity index (χ2v) is 7.46. The Hall–Kier alpha value is -3.99. The number of aliphatic carboxylic acids is 1. The molecule has 1 amide bonds. The van der Waals surface area contributed by atoms with Crippen molar-refractivity contribution < 1.29 is 32.6 Å². The summed E-state index contributed by atoms with van der Waals surface area (Å²) in [6, 6.07) is 11.9. The van der Waals surface area contributed by atoms with E-state index in [4.69, 9.17) is 9.84 Å². The molecule has 0 atom stereocenters. The van der Waals surface area contributed by atoms with Crippen molar-refractivity contribution in [3.05, 3.63) is 88.7 Å². The first kappa shape index (κ1) is 30.0. The fraction of sp³-hybridized carbons (Fsp3) is 0.286. The Labute approximate surface area is 209 Å². The summed E-state index contributed by atoms with van der Waals surface area (Å²) >= 11 is 0.